The fourth-order valence-electron chi connectivity index (χ4n) is 2.01. The molecule has 19 heavy (non-hydrogen) atoms. The van der Waals surface area contributed by atoms with E-state index in [1.807, 2.05) is 0 Å². The molecule has 1 aromatic carbocycles. The van der Waals surface area contributed by atoms with Crippen LogP contribution in [0.15, 0.2) is 29.2 Å². The van der Waals surface area contributed by atoms with Gasteiger partial charge in [0.2, 0.25) is 0 Å². The first-order valence-electron chi connectivity index (χ1n) is 5.73. The van der Waals surface area contributed by atoms with Gasteiger partial charge in [0.05, 0.1) is 4.90 Å². The molecule has 0 bridgehead atoms. The molecule has 0 radical (unpaired) electrons. The first kappa shape index (κ1) is 15.9. The molecule has 1 fully saturated rings. The number of benzene rings is 1. The molecule has 5 nitrogen and oxygen atoms in total. The summed E-state index contributed by atoms with van der Waals surface area (Å²) in [4.78, 5) is 14.0. The summed E-state index contributed by atoms with van der Waals surface area (Å²) >= 11 is 0. The van der Waals surface area contributed by atoms with Gasteiger partial charge < -0.3 is 10.6 Å². The van der Waals surface area contributed by atoms with Crippen molar-refractivity contribution in [2.45, 2.75) is 17.4 Å². The number of sulfone groups is 1. The Hall–Kier alpha value is -1.11. The van der Waals surface area contributed by atoms with E-state index in [0.29, 0.717) is 18.7 Å². The van der Waals surface area contributed by atoms with Crippen molar-refractivity contribution in [1.29, 1.82) is 0 Å². The summed E-state index contributed by atoms with van der Waals surface area (Å²) in [5.74, 6) is -0.159. The van der Waals surface area contributed by atoms with E-state index in [2.05, 4.69) is 0 Å². The quantitative estimate of drug-likeness (QED) is 0.871. The van der Waals surface area contributed by atoms with Crippen molar-refractivity contribution in [3.05, 3.63) is 29.8 Å². The first-order valence-corrected chi connectivity index (χ1v) is 7.62. The minimum Gasteiger partial charge on any atom is -0.337 e. The molecule has 1 saturated heterocycles. The van der Waals surface area contributed by atoms with Gasteiger partial charge in [-0.15, -0.1) is 12.4 Å². The summed E-state index contributed by atoms with van der Waals surface area (Å²) in [6.45, 7) is 1.16. The predicted octanol–water partition coefficient (Wildman–Crippen LogP) is 0.685. The van der Waals surface area contributed by atoms with E-state index in [-0.39, 0.29) is 29.3 Å². The van der Waals surface area contributed by atoms with Gasteiger partial charge in [-0.25, -0.2) is 8.42 Å². The molecule has 0 aliphatic carbocycles. The summed E-state index contributed by atoms with van der Waals surface area (Å²) in [6, 6.07) is 6.14. The predicted molar refractivity (Wildman–Crippen MR) is 75.3 cm³/mol. The average Bonchev–Trinajstić information content (AvgIpc) is 2.74. The zero-order valence-corrected chi connectivity index (χ0v) is 12.2. The Morgan fingerprint density at radius 3 is 2.63 bits per heavy atom. The molecule has 0 spiro atoms. The van der Waals surface area contributed by atoms with E-state index in [9.17, 15) is 13.2 Å². The Balaban J connectivity index is 0.00000180. The van der Waals surface area contributed by atoms with Crippen LogP contribution in [0.5, 0.6) is 0 Å². The minimum atomic E-state index is -3.29. The number of amides is 1. The van der Waals surface area contributed by atoms with E-state index in [1.54, 1.807) is 17.0 Å². The van der Waals surface area contributed by atoms with Crippen LogP contribution in [0.4, 0.5) is 0 Å². The normalized spacial score (nSPS) is 19.1. The van der Waals surface area contributed by atoms with Crippen molar-refractivity contribution < 1.29 is 13.2 Å². The lowest BCUT2D eigenvalue weighted by Gasteiger charge is -2.16. The number of rotatable bonds is 2. The van der Waals surface area contributed by atoms with Crippen LogP contribution in [0, 0.1) is 0 Å². The van der Waals surface area contributed by atoms with Crippen LogP contribution in [0.2, 0.25) is 0 Å². The van der Waals surface area contributed by atoms with Crippen molar-refractivity contribution in [1.82, 2.24) is 4.90 Å². The van der Waals surface area contributed by atoms with Gasteiger partial charge in [0.25, 0.3) is 5.91 Å². The summed E-state index contributed by atoms with van der Waals surface area (Å²) in [5, 5.41) is 0. The summed E-state index contributed by atoms with van der Waals surface area (Å²) in [7, 11) is -3.29. The van der Waals surface area contributed by atoms with Gasteiger partial charge in [-0.1, -0.05) is 6.07 Å². The van der Waals surface area contributed by atoms with Gasteiger partial charge in [0, 0.05) is 31.0 Å². The number of carbonyl (C=O) groups excluding carboxylic acids is 1. The lowest BCUT2D eigenvalue weighted by molar-refractivity contribution is 0.0790. The lowest BCUT2D eigenvalue weighted by atomic mass is 10.2. The van der Waals surface area contributed by atoms with Crippen molar-refractivity contribution in [3.8, 4) is 0 Å². The number of nitrogens with two attached hydrogens (primary N) is 1. The Labute approximate surface area is 119 Å². The third-order valence-corrected chi connectivity index (χ3v) is 4.13. The van der Waals surface area contributed by atoms with Gasteiger partial charge in [-0.05, 0) is 24.6 Å². The summed E-state index contributed by atoms with van der Waals surface area (Å²) < 4.78 is 22.9. The zero-order chi connectivity index (χ0) is 13.3. The molecule has 106 valence electrons. The molecule has 1 aliphatic heterocycles. The molecule has 1 amide bonds. The fourth-order valence-corrected chi connectivity index (χ4v) is 2.68. The first-order chi connectivity index (χ1) is 8.38. The second-order valence-corrected chi connectivity index (χ2v) is 6.62. The number of nitrogens with zero attached hydrogens (tertiary/aromatic N) is 1. The van der Waals surface area contributed by atoms with Crippen molar-refractivity contribution >= 4 is 28.2 Å². The maximum atomic E-state index is 12.1. The third kappa shape index (κ3) is 3.68. The van der Waals surface area contributed by atoms with E-state index in [4.69, 9.17) is 5.73 Å². The van der Waals surface area contributed by atoms with Gasteiger partial charge in [0.1, 0.15) is 0 Å². The van der Waals surface area contributed by atoms with Gasteiger partial charge in [-0.2, -0.15) is 0 Å². The number of halogens is 1. The largest absolute Gasteiger partial charge is 0.337 e. The summed E-state index contributed by atoms with van der Waals surface area (Å²) in [6.07, 6.45) is 1.92. The standard InChI is InChI=1S/C12H16N2O3S.ClH/c1-18(16,17)11-4-2-3-9(7-11)12(15)14-6-5-10(13)8-14;/h2-4,7,10H,5-6,8,13H2,1H3;1H/t10-;/m1./s1. The van der Waals surface area contributed by atoms with Crippen molar-refractivity contribution in [2.75, 3.05) is 19.3 Å². The molecule has 1 heterocycles. The van der Waals surface area contributed by atoms with Crippen LogP contribution in [-0.2, 0) is 9.84 Å². The van der Waals surface area contributed by atoms with Crippen LogP contribution in [0.3, 0.4) is 0 Å². The number of hydrogen-bond donors (Lipinski definition) is 1. The Bertz CT molecular complexity index is 574. The highest BCUT2D eigenvalue weighted by Gasteiger charge is 2.24. The topological polar surface area (TPSA) is 80.5 Å². The van der Waals surface area contributed by atoms with Crippen LogP contribution in [-0.4, -0.2) is 44.6 Å². The molecule has 0 aromatic heterocycles. The van der Waals surface area contributed by atoms with Gasteiger partial charge in [-0.3, -0.25) is 4.79 Å². The van der Waals surface area contributed by atoms with Crippen LogP contribution >= 0.6 is 12.4 Å². The second-order valence-electron chi connectivity index (χ2n) is 4.60. The highest BCUT2D eigenvalue weighted by molar-refractivity contribution is 7.90. The molecule has 0 saturated carbocycles. The molecule has 1 aromatic rings. The van der Waals surface area contributed by atoms with E-state index < -0.39 is 9.84 Å². The molecule has 1 atom stereocenters. The monoisotopic (exact) mass is 304 g/mol. The number of hydrogen-bond acceptors (Lipinski definition) is 4. The fraction of sp³-hybridized carbons (Fsp3) is 0.417. The number of likely N-dealkylation sites (tertiary alicyclic amines) is 1. The van der Waals surface area contributed by atoms with Gasteiger partial charge in [0.15, 0.2) is 9.84 Å². The van der Waals surface area contributed by atoms with Gasteiger partial charge >= 0.3 is 0 Å². The molecular weight excluding hydrogens is 288 g/mol. The van der Waals surface area contributed by atoms with Crippen molar-refractivity contribution in [3.63, 3.8) is 0 Å². The molecule has 7 heteroatoms. The van der Waals surface area contributed by atoms with E-state index in [1.165, 1.54) is 12.1 Å². The molecule has 1 aliphatic rings. The number of carbonyl (C=O) groups is 1. The lowest BCUT2D eigenvalue weighted by Crippen LogP contribution is -2.31. The molecular formula is C12H17ClN2O3S. The maximum absolute atomic E-state index is 12.1. The van der Waals surface area contributed by atoms with E-state index >= 15 is 0 Å². The Morgan fingerprint density at radius 1 is 1.42 bits per heavy atom. The SMILES string of the molecule is CS(=O)(=O)c1cccc(C(=O)N2CC[C@@H](N)C2)c1.Cl. The maximum Gasteiger partial charge on any atom is 0.253 e. The molecule has 0 unspecified atom stereocenters. The molecule has 2 rings (SSSR count). The second kappa shape index (κ2) is 5.90. The van der Waals surface area contributed by atoms with E-state index in [0.717, 1.165) is 12.7 Å². The third-order valence-electron chi connectivity index (χ3n) is 3.02. The average molecular weight is 305 g/mol. The minimum absolute atomic E-state index is 0. The van der Waals surface area contributed by atoms with Crippen LogP contribution in [0.25, 0.3) is 0 Å². The summed E-state index contributed by atoms with van der Waals surface area (Å²) in [5.41, 5.74) is 6.15. The highest BCUT2D eigenvalue weighted by Crippen LogP contribution is 2.16. The highest BCUT2D eigenvalue weighted by atomic mass is 35.5. The molecule has 2 N–H and O–H groups in total. The Morgan fingerprint density at radius 2 is 2.11 bits per heavy atom. The van der Waals surface area contributed by atoms with Crippen LogP contribution < -0.4 is 5.73 Å². The Kier molecular flexibility index (Phi) is 4.95. The smallest absolute Gasteiger partial charge is 0.253 e. The van der Waals surface area contributed by atoms with Crippen molar-refractivity contribution in [2.24, 2.45) is 5.73 Å². The van der Waals surface area contributed by atoms with Crippen LogP contribution in [0.1, 0.15) is 16.8 Å². The zero-order valence-electron chi connectivity index (χ0n) is 10.6.